The lowest BCUT2D eigenvalue weighted by Gasteiger charge is -2.17. The molecule has 0 atom stereocenters. The highest BCUT2D eigenvalue weighted by molar-refractivity contribution is 5.95. The van der Waals surface area contributed by atoms with Crippen LogP contribution in [0, 0.1) is 6.92 Å². The molecule has 1 aromatic carbocycles. The fourth-order valence-electron chi connectivity index (χ4n) is 2.89. The monoisotopic (exact) mass is 417 g/mol. The summed E-state index contributed by atoms with van der Waals surface area (Å²) in [5, 5.41) is 8.40. The molecule has 3 N–H and O–H groups in total. The van der Waals surface area contributed by atoms with E-state index in [1.807, 2.05) is 31.2 Å². The van der Waals surface area contributed by atoms with E-state index < -0.39 is 5.97 Å². The van der Waals surface area contributed by atoms with E-state index in [-0.39, 0.29) is 24.2 Å². The van der Waals surface area contributed by atoms with E-state index in [9.17, 15) is 9.59 Å². The average molecular weight is 418 g/mol. The molecular formula is C26H43NO3. The van der Waals surface area contributed by atoms with Crippen molar-refractivity contribution in [3.63, 3.8) is 0 Å². The summed E-state index contributed by atoms with van der Waals surface area (Å²) >= 11 is 0. The van der Waals surface area contributed by atoms with E-state index in [0.717, 1.165) is 11.1 Å². The van der Waals surface area contributed by atoms with Crippen LogP contribution in [0.2, 0.25) is 0 Å². The lowest BCUT2D eigenvalue weighted by molar-refractivity contribution is -0.138. The number of nitrogens with two attached hydrogens (primary N) is 1. The van der Waals surface area contributed by atoms with Crippen LogP contribution in [0.4, 0.5) is 0 Å². The molecule has 0 saturated heterocycles. The predicted molar refractivity (Wildman–Crippen MR) is 128 cm³/mol. The van der Waals surface area contributed by atoms with Crippen LogP contribution in [0.25, 0.3) is 6.08 Å². The van der Waals surface area contributed by atoms with Crippen molar-refractivity contribution in [2.24, 2.45) is 5.73 Å². The fraction of sp³-hybridized carbons (Fsp3) is 0.615. The smallest absolute Gasteiger partial charge is 0.303 e. The van der Waals surface area contributed by atoms with Crippen LogP contribution >= 0.6 is 0 Å². The van der Waals surface area contributed by atoms with Crippen molar-refractivity contribution >= 4 is 17.8 Å². The van der Waals surface area contributed by atoms with Gasteiger partial charge in [0.25, 0.3) is 0 Å². The summed E-state index contributed by atoms with van der Waals surface area (Å²) in [5.41, 5.74) is 8.06. The Hall–Kier alpha value is -1.94. The second-order valence-electron chi connectivity index (χ2n) is 8.82. The quantitative estimate of drug-likeness (QED) is 0.261. The number of carbonyl (C=O) groups is 2. The second-order valence-corrected chi connectivity index (χ2v) is 8.82. The topological polar surface area (TPSA) is 80.4 Å². The molecule has 0 heterocycles. The van der Waals surface area contributed by atoms with Gasteiger partial charge in [0.15, 0.2) is 5.78 Å². The molecule has 0 bridgehead atoms. The summed E-state index contributed by atoms with van der Waals surface area (Å²) in [6.07, 6.45) is 15.3. The van der Waals surface area contributed by atoms with Crippen molar-refractivity contribution in [3.05, 3.63) is 41.5 Å². The average Bonchev–Trinajstić information content (AvgIpc) is 2.67. The van der Waals surface area contributed by atoms with Crippen molar-refractivity contribution in [2.75, 3.05) is 0 Å². The molecular weight excluding hydrogens is 374 g/mol. The first kappa shape index (κ1) is 28.1. The summed E-state index contributed by atoms with van der Waals surface area (Å²) in [4.78, 5) is 21.5. The molecule has 4 nitrogen and oxygen atoms in total. The molecule has 30 heavy (non-hydrogen) atoms. The van der Waals surface area contributed by atoms with Gasteiger partial charge in [0.1, 0.15) is 0 Å². The van der Waals surface area contributed by atoms with E-state index in [4.69, 9.17) is 10.8 Å². The van der Waals surface area contributed by atoms with Gasteiger partial charge in [0, 0.05) is 12.0 Å². The zero-order valence-corrected chi connectivity index (χ0v) is 19.6. The van der Waals surface area contributed by atoms with E-state index in [0.29, 0.717) is 0 Å². The van der Waals surface area contributed by atoms with Crippen LogP contribution in [0.15, 0.2) is 30.3 Å². The Labute approximate surface area is 184 Å². The number of aliphatic carboxylic acids is 1. The fourth-order valence-corrected chi connectivity index (χ4v) is 2.89. The van der Waals surface area contributed by atoms with E-state index in [1.165, 1.54) is 63.9 Å². The molecule has 0 spiro atoms. The number of carboxylic acids is 1. The zero-order chi connectivity index (χ0) is 22.8. The number of ketones is 1. The minimum Gasteiger partial charge on any atom is -0.481 e. The van der Waals surface area contributed by atoms with Crippen molar-refractivity contribution in [3.8, 4) is 0 Å². The number of carboxylic acid groups (broad SMARTS) is 1. The molecule has 0 aliphatic heterocycles. The highest BCUT2D eigenvalue weighted by Gasteiger charge is 2.08. The van der Waals surface area contributed by atoms with Crippen molar-refractivity contribution in [2.45, 2.75) is 104 Å². The molecule has 0 saturated carbocycles. The van der Waals surface area contributed by atoms with Crippen molar-refractivity contribution < 1.29 is 14.7 Å². The largest absolute Gasteiger partial charge is 0.481 e. The molecule has 0 amide bonds. The molecule has 0 unspecified atom stereocenters. The SMILES string of the molecule is CCCCCCCCCCC(C)(C)N.Cc1ccc(C=CC(=O)CCC(=O)O)cc1. The zero-order valence-electron chi connectivity index (χ0n) is 19.6. The highest BCUT2D eigenvalue weighted by Crippen LogP contribution is 2.13. The lowest BCUT2D eigenvalue weighted by Crippen LogP contribution is -2.31. The molecule has 1 aromatic rings. The summed E-state index contributed by atoms with van der Waals surface area (Å²) in [6.45, 7) is 8.50. The van der Waals surface area contributed by atoms with Crippen LogP contribution in [-0.4, -0.2) is 22.4 Å². The molecule has 0 aromatic heterocycles. The standard InChI is InChI=1S/C13H29N.C13H14O3/c1-4-5-6-7-8-9-10-11-12-13(2,3)14;1-10-2-4-11(5-3-10)6-7-12(14)8-9-13(15)16/h4-12,14H2,1-3H3;2-7H,8-9H2,1H3,(H,15,16). The third kappa shape index (κ3) is 19.4. The van der Waals surface area contributed by atoms with Gasteiger partial charge < -0.3 is 10.8 Å². The Morgan fingerprint density at radius 3 is 1.97 bits per heavy atom. The van der Waals surface area contributed by atoms with E-state index in [1.54, 1.807) is 6.08 Å². The van der Waals surface area contributed by atoms with E-state index in [2.05, 4.69) is 20.8 Å². The molecule has 4 heteroatoms. The van der Waals surface area contributed by atoms with Crippen LogP contribution in [0.3, 0.4) is 0 Å². The van der Waals surface area contributed by atoms with Gasteiger partial charge in [-0.15, -0.1) is 0 Å². The van der Waals surface area contributed by atoms with Gasteiger partial charge in [-0.3, -0.25) is 9.59 Å². The Bertz CT molecular complexity index is 612. The maximum absolute atomic E-state index is 11.2. The lowest BCUT2D eigenvalue weighted by atomic mass is 9.97. The van der Waals surface area contributed by atoms with E-state index >= 15 is 0 Å². The van der Waals surface area contributed by atoms with Gasteiger partial charge >= 0.3 is 5.97 Å². The molecule has 170 valence electrons. The Morgan fingerprint density at radius 1 is 0.933 bits per heavy atom. The Balaban J connectivity index is 0.000000567. The van der Waals surface area contributed by atoms with Crippen molar-refractivity contribution in [1.29, 1.82) is 0 Å². The predicted octanol–water partition coefficient (Wildman–Crippen LogP) is 6.70. The van der Waals surface area contributed by atoms with Gasteiger partial charge in [-0.25, -0.2) is 0 Å². The summed E-state index contributed by atoms with van der Waals surface area (Å²) < 4.78 is 0. The summed E-state index contributed by atoms with van der Waals surface area (Å²) in [5.74, 6) is -1.11. The van der Waals surface area contributed by atoms with Gasteiger partial charge in [0.05, 0.1) is 6.42 Å². The third-order valence-corrected chi connectivity index (χ3v) is 4.80. The molecule has 0 aliphatic carbocycles. The van der Waals surface area contributed by atoms with Crippen LogP contribution in [-0.2, 0) is 9.59 Å². The maximum Gasteiger partial charge on any atom is 0.303 e. The Morgan fingerprint density at radius 2 is 1.47 bits per heavy atom. The number of rotatable bonds is 14. The second kappa shape index (κ2) is 16.8. The number of benzene rings is 1. The van der Waals surface area contributed by atoms with Gasteiger partial charge in [0.2, 0.25) is 0 Å². The molecule has 0 fully saturated rings. The molecule has 0 aliphatic rings. The van der Waals surface area contributed by atoms with Crippen LogP contribution in [0.5, 0.6) is 0 Å². The summed E-state index contributed by atoms with van der Waals surface area (Å²) in [6, 6.07) is 7.75. The molecule has 1 rings (SSSR count). The minimum absolute atomic E-state index is 0.0439. The first-order valence-electron chi connectivity index (χ1n) is 11.4. The minimum atomic E-state index is -0.947. The number of hydrogen-bond acceptors (Lipinski definition) is 3. The maximum atomic E-state index is 11.2. The van der Waals surface area contributed by atoms with Gasteiger partial charge in [-0.05, 0) is 38.8 Å². The number of carbonyl (C=O) groups excluding carboxylic acids is 1. The van der Waals surface area contributed by atoms with Crippen molar-refractivity contribution in [1.82, 2.24) is 0 Å². The van der Waals surface area contributed by atoms with Gasteiger partial charge in [-0.1, -0.05) is 94.2 Å². The normalized spacial score (nSPS) is 11.2. The highest BCUT2D eigenvalue weighted by atomic mass is 16.4. The number of unbranched alkanes of at least 4 members (excludes halogenated alkanes) is 7. The number of allylic oxidation sites excluding steroid dienone is 1. The number of aryl methyl sites for hydroxylation is 1. The van der Waals surface area contributed by atoms with Crippen LogP contribution < -0.4 is 5.73 Å². The van der Waals surface area contributed by atoms with Crippen LogP contribution in [0.1, 0.15) is 103 Å². The summed E-state index contributed by atoms with van der Waals surface area (Å²) in [7, 11) is 0. The Kier molecular flexibility index (Phi) is 15.7. The first-order chi connectivity index (χ1) is 14.1. The number of hydrogen-bond donors (Lipinski definition) is 2. The third-order valence-electron chi connectivity index (χ3n) is 4.80. The first-order valence-corrected chi connectivity index (χ1v) is 11.4. The van der Waals surface area contributed by atoms with Gasteiger partial charge in [-0.2, -0.15) is 0 Å². The molecule has 0 radical (unpaired) electrons.